The molecule has 0 saturated carbocycles. The summed E-state index contributed by atoms with van der Waals surface area (Å²) in [4.78, 5) is 2.57. The van der Waals surface area contributed by atoms with Gasteiger partial charge in [0.15, 0.2) is 0 Å². The molecule has 1 fully saturated rings. The van der Waals surface area contributed by atoms with Crippen LogP contribution in [0.4, 0.5) is 0 Å². The number of piperidine rings is 1. The Kier molecular flexibility index (Phi) is 4.38. The molecule has 2 heteroatoms. The number of nitrogens with zero attached hydrogens (tertiary/aromatic N) is 2. The van der Waals surface area contributed by atoms with E-state index in [1.54, 1.807) is 0 Å². The van der Waals surface area contributed by atoms with Crippen LogP contribution in [0.2, 0.25) is 0 Å². The summed E-state index contributed by atoms with van der Waals surface area (Å²) >= 11 is 0. The maximum Gasteiger partial charge on any atom is 0.0684 e. The highest BCUT2D eigenvalue weighted by molar-refractivity contribution is 4.93. The molecule has 0 amide bonds. The van der Waals surface area contributed by atoms with Gasteiger partial charge in [-0.1, -0.05) is 13.8 Å². The van der Waals surface area contributed by atoms with Crippen molar-refractivity contribution in [1.82, 2.24) is 4.90 Å². The molecule has 0 aromatic rings. The zero-order chi connectivity index (χ0) is 12.3. The van der Waals surface area contributed by atoms with Crippen LogP contribution in [0.3, 0.4) is 0 Å². The van der Waals surface area contributed by atoms with Gasteiger partial charge >= 0.3 is 0 Å². The summed E-state index contributed by atoms with van der Waals surface area (Å²) in [7, 11) is 0. The van der Waals surface area contributed by atoms with E-state index in [0.717, 1.165) is 24.8 Å². The fourth-order valence-electron chi connectivity index (χ4n) is 2.61. The Morgan fingerprint density at radius 2 is 1.94 bits per heavy atom. The molecule has 0 spiro atoms. The van der Waals surface area contributed by atoms with Crippen molar-refractivity contribution in [2.24, 2.45) is 17.3 Å². The SMILES string of the molecule is CC1CC(C)C(C)N(CCC(C)(C)C#N)C1. The summed E-state index contributed by atoms with van der Waals surface area (Å²) in [5, 5.41) is 9.02. The fourth-order valence-corrected chi connectivity index (χ4v) is 2.61. The highest BCUT2D eigenvalue weighted by Crippen LogP contribution is 2.28. The zero-order valence-corrected chi connectivity index (χ0v) is 11.5. The molecule has 2 nitrogen and oxygen atoms in total. The molecule has 1 aliphatic rings. The Morgan fingerprint density at radius 1 is 1.31 bits per heavy atom. The van der Waals surface area contributed by atoms with E-state index in [1.807, 2.05) is 13.8 Å². The smallest absolute Gasteiger partial charge is 0.0684 e. The molecule has 1 heterocycles. The van der Waals surface area contributed by atoms with E-state index in [1.165, 1.54) is 13.0 Å². The Labute approximate surface area is 101 Å². The van der Waals surface area contributed by atoms with Gasteiger partial charge in [-0.05, 0) is 52.0 Å². The number of likely N-dealkylation sites (tertiary alicyclic amines) is 1. The first-order valence-corrected chi connectivity index (χ1v) is 6.51. The summed E-state index contributed by atoms with van der Waals surface area (Å²) in [6.45, 7) is 13.4. The van der Waals surface area contributed by atoms with Crippen molar-refractivity contribution >= 4 is 0 Å². The van der Waals surface area contributed by atoms with Gasteiger partial charge < -0.3 is 4.90 Å². The van der Waals surface area contributed by atoms with Crippen molar-refractivity contribution in [1.29, 1.82) is 5.26 Å². The topological polar surface area (TPSA) is 27.0 Å². The Bertz CT molecular complexity index is 264. The molecule has 0 aromatic carbocycles. The molecule has 3 unspecified atom stereocenters. The molecule has 92 valence electrons. The first kappa shape index (κ1) is 13.5. The van der Waals surface area contributed by atoms with Gasteiger partial charge in [-0.15, -0.1) is 0 Å². The predicted octanol–water partition coefficient (Wildman–Crippen LogP) is 3.29. The number of nitriles is 1. The molecule has 0 bridgehead atoms. The average Bonchev–Trinajstić information content (AvgIpc) is 2.21. The molecule has 0 N–H and O–H groups in total. The molecule has 0 radical (unpaired) electrons. The average molecular weight is 222 g/mol. The lowest BCUT2D eigenvalue weighted by Crippen LogP contribution is -2.46. The van der Waals surface area contributed by atoms with Gasteiger partial charge in [0.25, 0.3) is 0 Å². The second-order valence-corrected chi connectivity index (χ2v) is 6.30. The van der Waals surface area contributed by atoms with Crippen LogP contribution < -0.4 is 0 Å². The highest BCUT2D eigenvalue weighted by atomic mass is 15.2. The van der Waals surface area contributed by atoms with Crippen molar-refractivity contribution in [3.63, 3.8) is 0 Å². The summed E-state index contributed by atoms with van der Waals surface area (Å²) in [5.41, 5.74) is -0.177. The molecule has 0 aromatic heterocycles. The third kappa shape index (κ3) is 3.49. The number of rotatable bonds is 3. The fraction of sp³-hybridized carbons (Fsp3) is 0.929. The molecule has 16 heavy (non-hydrogen) atoms. The van der Waals surface area contributed by atoms with E-state index in [9.17, 15) is 0 Å². The minimum atomic E-state index is -0.177. The minimum absolute atomic E-state index is 0.177. The Balaban J connectivity index is 2.50. The van der Waals surface area contributed by atoms with Crippen LogP contribution >= 0.6 is 0 Å². The van der Waals surface area contributed by atoms with Crippen LogP contribution in [0.1, 0.15) is 47.5 Å². The molecule has 3 atom stereocenters. The van der Waals surface area contributed by atoms with Crippen LogP contribution in [0, 0.1) is 28.6 Å². The van der Waals surface area contributed by atoms with Gasteiger partial charge in [-0.2, -0.15) is 5.26 Å². The second kappa shape index (κ2) is 5.19. The van der Waals surface area contributed by atoms with Crippen LogP contribution in [0.15, 0.2) is 0 Å². The third-order valence-electron chi connectivity index (χ3n) is 4.05. The first-order chi connectivity index (χ1) is 7.35. The lowest BCUT2D eigenvalue weighted by atomic mass is 9.84. The quantitative estimate of drug-likeness (QED) is 0.732. The standard InChI is InChI=1S/C14H26N2/c1-11-8-12(2)13(3)16(9-11)7-6-14(4,5)10-15/h11-13H,6-9H2,1-5H3. The second-order valence-electron chi connectivity index (χ2n) is 6.30. The largest absolute Gasteiger partial charge is 0.300 e. The molecule has 1 aliphatic heterocycles. The summed E-state index contributed by atoms with van der Waals surface area (Å²) in [6.07, 6.45) is 2.33. The van der Waals surface area contributed by atoms with Crippen LogP contribution in [0.5, 0.6) is 0 Å². The summed E-state index contributed by atoms with van der Waals surface area (Å²) < 4.78 is 0. The maximum absolute atomic E-state index is 9.02. The van der Waals surface area contributed by atoms with E-state index >= 15 is 0 Å². The molecular weight excluding hydrogens is 196 g/mol. The van der Waals surface area contributed by atoms with Gasteiger partial charge in [0.1, 0.15) is 0 Å². The van der Waals surface area contributed by atoms with Crippen molar-refractivity contribution in [3.8, 4) is 6.07 Å². The van der Waals surface area contributed by atoms with Crippen molar-refractivity contribution < 1.29 is 0 Å². The number of hydrogen-bond acceptors (Lipinski definition) is 2. The van der Waals surface area contributed by atoms with Crippen LogP contribution in [-0.2, 0) is 0 Å². The van der Waals surface area contributed by atoms with Gasteiger partial charge in [0.2, 0.25) is 0 Å². The molecule has 1 rings (SSSR count). The van der Waals surface area contributed by atoms with Crippen LogP contribution in [0.25, 0.3) is 0 Å². The zero-order valence-electron chi connectivity index (χ0n) is 11.5. The minimum Gasteiger partial charge on any atom is -0.300 e. The van der Waals surface area contributed by atoms with E-state index in [0.29, 0.717) is 6.04 Å². The van der Waals surface area contributed by atoms with Gasteiger partial charge in [0, 0.05) is 12.6 Å². The van der Waals surface area contributed by atoms with Gasteiger partial charge in [-0.3, -0.25) is 0 Å². The lowest BCUT2D eigenvalue weighted by molar-refractivity contribution is 0.0721. The van der Waals surface area contributed by atoms with Crippen LogP contribution in [-0.4, -0.2) is 24.0 Å². The summed E-state index contributed by atoms with van der Waals surface area (Å²) in [6, 6.07) is 3.06. The monoisotopic (exact) mass is 222 g/mol. The van der Waals surface area contributed by atoms with Crippen molar-refractivity contribution in [2.45, 2.75) is 53.5 Å². The van der Waals surface area contributed by atoms with E-state index in [2.05, 4.69) is 31.7 Å². The predicted molar refractivity (Wildman–Crippen MR) is 68.0 cm³/mol. The van der Waals surface area contributed by atoms with Crippen molar-refractivity contribution in [3.05, 3.63) is 0 Å². The molecule has 0 aliphatic carbocycles. The number of hydrogen-bond donors (Lipinski definition) is 0. The van der Waals surface area contributed by atoms with Gasteiger partial charge in [0.05, 0.1) is 11.5 Å². The van der Waals surface area contributed by atoms with E-state index in [-0.39, 0.29) is 5.41 Å². The lowest BCUT2D eigenvalue weighted by Gasteiger charge is -2.41. The Morgan fingerprint density at radius 3 is 2.50 bits per heavy atom. The summed E-state index contributed by atoms with van der Waals surface area (Å²) in [5.74, 6) is 1.59. The van der Waals surface area contributed by atoms with Gasteiger partial charge in [-0.25, -0.2) is 0 Å². The molecule has 1 saturated heterocycles. The van der Waals surface area contributed by atoms with E-state index < -0.39 is 0 Å². The van der Waals surface area contributed by atoms with Crippen molar-refractivity contribution in [2.75, 3.05) is 13.1 Å². The first-order valence-electron chi connectivity index (χ1n) is 6.51. The van der Waals surface area contributed by atoms with E-state index in [4.69, 9.17) is 5.26 Å². The molecular formula is C14H26N2. The third-order valence-corrected chi connectivity index (χ3v) is 4.05. The normalized spacial score (nSPS) is 32.4. The maximum atomic E-state index is 9.02. The Hall–Kier alpha value is -0.550. The highest BCUT2D eigenvalue weighted by Gasteiger charge is 2.29.